The molecule has 11 atom stereocenters. The predicted molar refractivity (Wildman–Crippen MR) is 133 cm³/mol. The standard InChI is InChI=1S/C30H48O4/c1-18-23(32)19(31)16-21-27(18,4)9-8-20-28(21,5)13-15-30(7)22-17-26(3,24(33)34)11-10-25(22,2)12-14-29(20,30)6/h18-22,31H,8-17H2,1-7H3,(H,33,34)/t18-,19-,20-,21-,22+,25-,26+,27-,28+,29+,30-/m0/s1. The fraction of sp³-hybridized carbons (Fsp3) is 0.933. The molecule has 0 heterocycles. The molecule has 4 heteroatoms. The van der Waals surface area contributed by atoms with Crippen LogP contribution in [0.1, 0.15) is 113 Å². The summed E-state index contributed by atoms with van der Waals surface area (Å²) in [5.74, 6) is 0.720. The topological polar surface area (TPSA) is 74.6 Å². The molecular weight excluding hydrogens is 424 g/mol. The van der Waals surface area contributed by atoms with Crippen molar-refractivity contribution in [3.63, 3.8) is 0 Å². The maximum absolute atomic E-state index is 12.8. The molecule has 192 valence electrons. The molecule has 5 aliphatic carbocycles. The monoisotopic (exact) mass is 472 g/mol. The fourth-order valence-electron chi connectivity index (χ4n) is 11.2. The van der Waals surface area contributed by atoms with Crippen LogP contribution >= 0.6 is 0 Å². The zero-order valence-corrected chi connectivity index (χ0v) is 22.7. The van der Waals surface area contributed by atoms with Crippen LogP contribution in [0.3, 0.4) is 0 Å². The van der Waals surface area contributed by atoms with Crippen molar-refractivity contribution in [1.29, 1.82) is 0 Å². The van der Waals surface area contributed by atoms with Crippen LogP contribution in [0, 0.1) is 56.2 Å². The molecule has 0 amide bonds. The molecule has 5 aliphatic rings. The second-order valence-electron chi connectivity index (χ2n) is 15.1. The minimum absolute atomic E-state index is 0.0262. The van der Waals surface area contributed by atoms with E-state index < -0.39 is 17.5 Å². The third-order valence-electron chi connectivity index (χ3n) is 14.1. The normalized spacial score (nSPS) is 59.3. The number of aliphatic hydroxyl groups excluding tert-OH is 1. The lowest BCUT2D eigenvalue weighted by molar-refractivity contribution is -0.260. The molecule has 0 saturated heterocycles. The molecule has 5 rings (SSSR count). The van der Waals surface area contributed by atoms with E-state index in [1.54, 1.807) is 0 Å². The third kappa shape index (κ3) is 2.81. The summed E-state index contributed by atoms with van der Waals surface area (Å²) in [4.78, 5) is 25.1. The maximum Gasteiger partial charge on any atom is 0.309 e. The van der Waals surface area contributed by atoms with Gasteiger partial charge in [0.1, 0.15) is 6.10 Å². The van der Waals surface area contributed by atoms with Gasteiger partial charge in [0.05, 0.1) is 5.41 Å². The highest BCUT2D eigenvalue weighted by Gasteiger charge is 2.71. The number of aliphatic hydroxyl groups is 1. The number of ketones is 1. The van der Waals surface area contributed by atoms with Crippen LogP contribution in [0.2, 0.25) is 0 Å². The van der Waals surface area contributed by atoms with E-state index in [-0.39, 0.29) is 38.8 Å². The molecule has 0 spiro atoms. The zero-order valence-electron chi connectivity index (χ0n) is 22.7. The van der Waals surface area contributed by atoms with Crippen LogP contribution < -0.4 is 0 Å². The van der Waals surface area contributed by atoms with E-state index in [0.29, 0.717) is 24.2 Å². The van der Waals surface area contributed by atoms with Crippen molar-refractivity contribution in [1.82, 2.24) is 0 Å². The molecule has 2 N–H and O–H groups in total. The fourth-order valence-corrected chi connectivity index (χ4v) is 11.2. The summed E-state index contributed by atoms with van der Waals surface area (Å²) in [7, 11) is 0. The molecule has 0 unspecified atom stereocenters. The van der Waals surface area contributed by atoms with Gasteiger partial charge in [-0.2, -0.15) is 0 Å². The van der Waals surface area contributed by atoms with E-state index in [4.69, 9.17) is 0 Å². The minimum atomic E-state index is -0.811. The lowest BCUT2D eigenvalue weighted by atomic mass is 9.30. The van der Waals surface area contributed by atoms with Crippen LogP contribution in [0.15, 0.2) is 0 Å². The number of hydrogen-bond acceptors (Lipinski definition) is 3. The number of hydrogen-bond donors (Lipinski definition) is 2. The summed E-state index contributed by atoms with van der Waals surface area (Å²) in [6, 6.07) is 0. The molecular formula is C30H48O4. The van der Waals surface area contributed by atoms with Crippen molar-refractivity contribution in [3.05, 3.63) is 0 Å². The van der Waals surface area contributed by atoms with Gasteiger partial charge in [-0.15, -0.1) is 0 Å². The van der Waals surface area contributed by atoms with Gasteiger partial charge in [0.25, 0.3) is 0 Å². The summed E-state index contributed by atoms with van der Waals surface area (Å²) in [5, 5.41) is 20.9. The summed E-state index contributed by atoms with van der Waals surface area (Å²) >= 11 is 0. The van der Waals surface area contributed by atoms with Crippen molar-refractivity contribution in [2.75, 3.05) is 0 Å². The Morgan fingerprint density at radius 2 is 1.38 bits per heavy atom. The van der Waals surface area contributed by atoms with E-state index in [1.165, 1.54) is 12.8 Å². The largest absolute Gasteiger partial charge is 0.481 e. The Kier molecular flexibility index (Phi) is 5.18. The Bertz CT molecular complexity index is 913. The van der Waals surface area contributed by atoms with Gasteiger partial charge in [-0.1, -0.05) is 41.5 Å². The van der Waals surface area contributed by atoms with Gasteiger partial charge in [-0.3, -0.25) is 9.59 Å². The van der Waals surface area contributed by atoms with Gasteiger partial charge < -0.3 is 10.2 Å². The number of carbonyl (C=O) groups excluding carboxylic acids is 1. The Morgan fingerprint density at radius 1 is 0.794 bits per heavy atom. The molecule has 4 nitrogen and oxygen atoms in total. The van der Waals surface area contributed by atoms with Crippen LogP contribution in [-0.2, 0) is 9.59 Å². The summed E-state index contributed by atoms with van der Waals surface area (Å²) in [5.41, 5.74) is 0.0155. The number of carbonyl (C=O) groups is 2. The number of aliphatic carboxylic acids is 1. The second kappa shape index (κ2) is 7.11. The Labute approximate surface area is 206 Å². The highest BCUT2D eigenvalue weighted by Crippen LogP contribution is 2.78. The first-order valence-corrected chi connectivity index (χ1v) is 14.0. The van der Waals surface area contributed by atoms with Gasteiger partial charge in [0, 0.05) is 5.92 Å². The SMILES string of the molecule is C[C@H]1C(=O)[C@@H](O)C[C@@H]2[C@]3(C)CC[C@@]4(C)[C@@H]5C[C@](C)(C(=O)O)CC[C@@]5(C)CC[C@]4(C)[C@H]3CC[C@]21C. The van der Waals surface area contributed by atoms with Gasteiger partial charge in [0.2, 0.25) is 0 Å². The van der Waals surface area contributed by atoms with Crippen LogP contribution in [0.25, 0.3) is 0 Å². The number of carboxylic acid groups (broad SMARTS) is 1. The van der Waals surface area contributed by atoms with Gasteiger partial charge >= 0.3 is 5.97 Å². The molecule has 0 aromatic carbocycles. The third-order valence-corrected chi connectivity index (χ3v) is 14.1. The first-order chi connectivity index (χ1) is 15.6. The molecule has 34 heavy (non-hydrogen) atoms. The lowest BCUT2D eigenvalue weighted by Crippen LogP contribution is -2.68. The van der Waals surface area contributed by atoms with Gasteiger partial charge in [0.15, 0.2) is 5.78 Å². The predicted octanol–water partition coefficient (Wildman–Crippen LogP) is 6.49. The van der Waals surface area contributed by atoms with Crippen LogP contribution in [0.4, 0.5) is 0 Å². The number of carboxylic acids is 1. The Hall–Kier alpha value is -0.900. The van der Waals surface area contributed by atoms with Crippen LogP contribution in [0.5, 0.6) is 0 Å². The number of Topliss-reactive ketones (excluding diaryl/α,β-unsaturated/α-hetero) is 1. The van der Waals surface area contributed by atoms with E-state index in [2.05, 4.69) is 41.5 Å². The highest BCUT2D eigenvalue weighted by atomic mass is 16.4. The smallest absolute Gasteiger partial charge is 0.309 e. The van der Waals surface area contributed by atoms with E-state index in [9.17, 15) is 19.8 Å². The van der Waals surface area contributed by atoms with Crippen molar-refractivity contribution >= 4 is 11.8 Å². The average Bonchev–Trinajstić information content (AvgIpc) is 2.77. The average molecular weight is 473 g/mol. The molecule has 0 radical (unpaired) electrons. The summed E-state index contributed by atoms with van der Waals surface area (Å²) < 4.78 is 0. The van der Waals surface area contributed by atoms with Crippen molar-refractivity contribution < 1.29 is 19.8 Å². The molecule has 0 aliphatic heterocycles. The van der Waals surface area contributed by atoms with Crippen molar-refractivity contribution in [2.45, 2.75) is 119 Å². The second-order valence-corrected chi connectivity index (χ2v) is 15.1. The van der Waals surface area contributed by atoms with Crippen molar-refractivity contribution in [2.24, 2.45) is 56.2 Å². The molecule has 0 aromatic rings. The number of fused-ring (bicyclic) bond motifs is 7. The number of rotatable bonds is 1. The molecule has 0 bridgehead atoms. The van der Waals surface area contributed by atoms with Gasteiger partial charge in [-0.05, 0) is 116 Å². The van der Waals surface area contributed by atoms with E-state index in [0.717, 1.165) is 44.9 Å². The Morgan fingerprint density at radius 3 is 2.03 bits per heavy atom. The summed E-state index contributed by atoms with van der Waals surface area (Å²) in [6.07, 6.45) is 9.36. The minimum Gasteiger partial charge on any atom is -0.481 e. The van der Waals surface area contributed by atoms with E-state index in [1.807, 2.05) is 6.92 Å². The first kappa shape index (κ1) is 24.8. The molecule has 0 aromatic heterocycles. The van der Waals surface area contributed by atoms with Crippen LogP contribution in [-0.4, -0.2) is 28.1 Å². The van der Waals surface area contributed by atoms with Gasteiger partial charge in [-0.25, -0.2) is 0 Å². The molecule has 5 fully saturated rings. The highest BCUT2D eigenvalue weighted by molar-refractivity contribution is 5.86. The molecule has 5 saturated carbocycles. The lowest BCUT2D eigenvalue weighted by Gasteiger charge is -2.74. The zero-order chi connectivity index (χ0) is 25.1. The summed E-state index contributed by atoms with van der Waals surface area (Å²) in [6.45, 7) is 16.4. The first-order valence-electron chi connectivity index (χ1n) is 14.0. The Balaban J connectivity index is 1.55. The quantitative estimate of drug-likeness (QED) is 0.457. The maximum atomic E-state index is 12.8. The van der Waals surface area contributed by atoms with Crippen molar-refractivity contribution in [3.8, 4) is 0 Å². The van der Waals surface area contributed by atoms with E-state index >= 15 is 0 Å².